The number of aliphatic hydroxyl groups is 1. The molecule has 108 valence electrons. The lowest BCUT2D eigenvalue weighted by molar-refractivity contribution is 0.0915. The van der Waals surface area contributed by atoms with Gasteiger partial charge in [-0.25, -0.2) is 13.6 Å². The van der Waals surface area contributed by atoms with E-state index in [4.69, 9.17) is 5.14 Å². The lowest BCUT2D eigenvalue weighted by atomic mass is 10.1. The molecule has 1 aromatic heterocycles. The van der Waals surface area contributed by atoms with E-state index in [1.807, 2.05) is 0 Å². The Balaban J connectivity index is 2.86. The summed E-state index contributed by atoms with van der Waals surface area (Å²) in [6.07, 6.45) is 1.17. The lowest BCUT2D eigenvalue weighted by Crippen LogP contribution is -2.35. The summed E-state index contributed by atoms with van der Waals surface area (Å²) in [5, 5.41) is 16.9. The van der Waals surface area contributed by atoms with Crippen LogP contribution in [0.15, 0.2) is 17.2 Å². The van der Waals surface area contributed by atoms with E-state index >= 15 is 0 Å². The molecule has 0 radical (unpaired) electrons. The van der Waals surface area contributed by atoms with E-state index in [0.717, 1.165) is 0 Å². The summed E-state index contributed by atoms with van der Waals surface area (Å²) >= 11 is 0. The fourth-order valence-corrected chi connectivity index (χ4v) is 2.36. The number of primary sulfonamides is 1. The van der Waals surface area contributed by atoms with Gasteiger partial charge < -0.3 is 15.0 Å². The summed E-state index contributed by atoms with van der Waals surface area (Å²) in [5.74, 6) is -0.412. The number of nitrogens with two attached hydrogens (primary N) is 1. The van der Waals surface area contributed by atoms with Crippen LogP contribution >= 0.6 is 0 Å². The Bertz CT molecular complexity index is 562. The van der Waals surface area contributed by atoms with Gasteiger partial charge in [-0.15, -0.1) is 0 Å². The van der Waals surface area contributed by atoms with Gasteiger partial charge in [0.25, 0.3) is 5.91 Å². The van der Waals surface area contributed by atoms with Gasteiger partial charge in [-0.3, -0.25) is 4.79 Å². The minimum absolute atomic E-state index is 0.108. The predicted octanol–water partition coefficient (Wildman–Crippen LogP) is -0.438. The predicted molar refractivity (Wildman–Crippen MR) is 70.0 cm³/mol. The number of nitrogens with one attached hydrogen (secondary N) is 1. The Morgan fingerprint density at radius 1 is 1.53 bits per heavy atom. The highest BCUT2D eigenvalue weighted by atomic mass is 32.2. The number of carbonyl (C=O) groups is 1. The van der Waals surface area contributed by atoms with Gasteiger partial charge in [0.1, 0.15) is 10.6 Å². The largest absolute Gasteiger partial charge is 0.393 e. The van der Waals surface area contributed by atoms with Crippen molar-refractivity contribution in [2.24, 2.45) is 12.2 Å². The molecule has 0 aromatic carbocycles. The third-order valence-corrected chi connectivity index (χ3v) is 3.49. The zero-order valence-electron chi connectivity index (χ0n) is 11.1. The Hall–Kier alpha value is -1.38. The van der Waals surface area contributed by atoms with Crippen molar-refractivity contribution < 1.29 is 18.3 Å². The maximum atomic E-state index is 11.9. The van der Waals surface area contributed by atoms with Crippen LogP contribution < -0.4 is 10.5 Å². The fourth-order valence-electron chi connectivity index (χ4n) is 1.78. The first-order chi connectivity index (χ1) is 8.61. The first-order valence-electron chi connectivity index (χ1n) is 5.79. The molecule has 1 aromatic rings. The molecule has 2 unspecified atom stereocenters. The molecule has 7 nitrogen and oxygen atoms in total. The maximum absolute atomic E-state index is 11.9. The van der Waals surface area contributed by atoms with Crippen molar-refractivity contribution in [1.29, 1.82) is 0 Å². The smallest absolute Gasteiger partial charge is 0.268 e. The molecule has 1 amide bonds. The van der Waals surface area contributed by atoms with Crippen LogP contribution in [-0.4, -0.2) is 36.1 Å². The monoisotopic (exact) mass is 289 g/mol. The molecule has 0 bridgehead atoms. The minimum Gasteiger partial charge on any atom is -0.393 e. The quantitative estimate of drug-likeness (QED) is 0.681. The van der Waals surface area contributed by atoms with Crippen LogP contribution in [0.25, 0.3) is 0 Å². The number of amides is 1. The lowest BCUT2D eigenvalue weighted by Gasteiger charge is -2.15. The van der Waals surface area contributed by atoms with Gasteiger partial charge >= 0.3 is 0 Å². The Morgan fingerprint density at radius 3 is 2.53 bits per heavy atom. The molecule has 0 aliphatic carbocycles. The van der Waals surface area contributed by atoms with Gasteiger partial charge in [-0.05, 0) is 26.3 Å². The van der Waals surface area contributed by atoms with E-state index in [0.29, 0.717) is 6.42 Å². The van der Waals surface area contributed by atoms with Crippen LogP contribution in [0.2, 0.25) is 0 Å². The van der Waals surface area contributed by atoms with Gasteiger partial charge in [-0.1, -0.05) is 0 Å². The van der Waals surface area contributed by atoms with Crippen molar-refractivity contribution in [3.8, 4) is 0 Å². The summed E-state index contributed by atoms with van der Waals surface area (Å²) in [5.41, 5.74) is 0.196. The third-order valence-electron chi connectivity index (χ3n) is 2.61. The van der Waals surface area contributed by atoms with Crippen molar-refractivity contribution in [2.75, 3.05) is 0 Å². The molecule has 8 heteroatoms. The normalized spacial score (nSPS) is 15.0. The van der Waals surface area contributed by atoms with Gasteiger partial charge in [-0.2, -0.15) is 0 Å². The highest BCUT2D eigenvalue weighted by Crippen LogP contribution is 2.12. The van der Waals surface area contributed by atoms with Crippen molar-refractivity contribution >= 4 is 15.9 Å². The molecular formula is C11H19N3O4S. The number of hydrogen-bond acceptors (Lipinski definition) is 4. The van der Waals surface area contributed by atoms with Crippen LogP contribution in [0.4, 0.5) is 0 Å². The second-order valence-corrected chi connectivity index (χ2v) is 6.24. The molecule has 0 aliphatic heterocycles. The molecule has 0 spiro atoms. The molecule has 1 rings (SSSR count). The van der Waals surface area contributed by atoms with Crippen LogP contribution in [0, 0.1) is 0 Å². The van der Waals surface area contributed by atoms with Crippen LogP contribution in [-0.2, 0) is 17.1 Å². The molecule has 0 saturated carbocycles. The van der Waals surface area contributed by atoms with E-state index in [-0.39, 0.29) is 16.6 Å². The van der Waals surface area contributed by atoms with E-state index in [1.54, 1.807) is 20.9 Å². The van der Waals surface area contributed by atoms with Gasteiger partial charge in [0.15, 0.2) is 0 Å². The van der Waals surface area contributed by atoms with Gasteiger partial charge in [0.05, 0.1) is 6.10 Å². The average molecular weight is 289 g/mol. The standard InChI is InChI=1S/C11H19N3O4S/c1-7(4-8(2)15)13-11(16)10-5-9(6-14(10)3)19(12,17)18/h5-8,15H,4H2,1-3H3,(H,13,16)(H2,12,17,18). The van der Waals surface area contributed by atoms with Crippen molar-refractivity contribution in [1.82, 2.24) is 9.88 Å². The number of hydrogen-bond donors (Lipinski definition) is 3. The number of rotatable bonds is 5. The van der Waals surface area contributed by atoms with Crippen LogP contribution in [0.5, 0.6) is 0 Å². The van der Waals surface area contributed by atoms with Gasteiger partial charge in [0.2, 0.25) is 10.0 Å². The highest BCUT2D eigenvalue weighted by Gasteiger charge is 2.19. The van der Waals surface area contributed by atoms with Crippen molar-refractivity contribution in [3.63, 3.8) is 0 Å². The van der Waals surface area contributed by atoms with E-state index in [9.17, 15) is 18.3 Å². The zero-order valence-corrected chi connectivity index (χ0v) is 11.9. The molecule has 19 heavy (non-hydrogen) atoms. The minimum atomic E-state index is -3.83. The number of aryl methyl sites for hydroxylation is 1. The van der Waals surface area contributed by atoms with E-state index < -0.39 is 22.0 Å². The molecule has 0 fully saturated rings. The molecule has 4 N–H and O–H groups in total. The molecule has 1 heterocycles. The van der Waals surface area contributed by atoms with Gasteiger partial charge in [0, 0.05) is 19.3 Å². The van der Waals surface area contributed by atoms with Crippen LogP contribution in [0.3, 0.4) is 0 Å². The summed E-state index contributed by atoms with van der Waals surface area (Å²) in [6, 6.07) is 1.00. The third kappa shape index (κ3) is 4.34. The Kier molecular flexibility index (Phi) is 4.72. The van der Waals surface area contributed by atoms with E-state index in [2.05, 4.69) is 5.32 Å². The molecule has 0 aliphatic rings. The summed E-state index contributed by atoms with van der Waals surface area (Å²) in [4.78, 5) is 11.8. The SMILES string of the molecule is CC(O)CC(C)NC(=O)c1cc(S(N)(=O)=O)cn1C. The number of aliphatic hydroxyl groups excluding tert-OH is 1. The highest BCUT2D eigenvalue weighted by molar-refractivity contribution is 7.89. The zero-order chi connectivity index (χ0) is 14.8. The Morgan fingerprint density at radius 2 is 2.11 bits per heavy atom. The van der Waals surface area contributed by atoms with Crippen LogP contribution in [0.1, 0.15) is 30.8 Å². The number of aromatic nitrogens is 1. The number of sulfonamides is 1. The Labute approximate surface area is 112 Å². The first-order valence-corrected chi connectivity index (χ1v) is 7.34. The number of carbonyl (C=O) groups excluding carboxylic acids is 1. The average Bonchev–Trinajstić information content (AvgIpc) is 2.58. The first kappa shape index (κ1) is 15.7. The topological polar surface area (TPSA) is 114 Å². The summed E-state index contributed by atoms with van der Waals surface area (Å²) < 4.78 is 23.8. The van der Waals surface area contributed by atoms with Crippen molar-refractivity contribution in [3.05, 3.63) is 18.0 Å². The van der Waals surface area contributed by atoms with E-state index in [1.165, 1.54) is 16.8 Å². The number of nitrogens with zero attached hydrogens (tertiary/aromatic N) is 1. The van der Waals surface area contributed by atoms with Crippen molar-refractivity contribution in [2.45, 2.75) is 37.3 Å². The summed E-state index contributed by atoms with van der Waals surface area (Å²) in [6.45, 7) is 3.39. The molecular weight excluding hydrogens is 270 g/mol. The maximum Gasteiger partial charge on any atom is 0.268 e. The second kappa shape index (κ2) is 5.72. The fraction of sp³-hybridized carbons (Fsp3) is 0.545. The summed E-state index contributed by atoms with van der Waals surface area (Å²) in [7, 11) is -2.27. The second-order valence-electron chi connectivity index (χ2n) is 4.68. The molecule has 0 saturated heterocycles. The molecule has 2 atom stereocenters.